The lowest BCUT2D eigenvalue weighted by Crippen LogP contribution is -2.35. The molecule has 23 heavy (non-hydrogen) atoms. The monoisotopic (exact) mass is 334 g/mol. The van der Waals surface area contributed by atoms with Gasteiger partial charge in [0.05, 0.1) is 7.11 Å². The molecule has 0 spiro atoms. The number of rotatable bonds is 6. The number of carbonyl (C=O) groups is 3. The standard InChI is InChI=1S/C13H13F3N2O5/c1-23-9-4-7(2-3-8(9)12(21)22)18-11(20)5-10(19)17-6-13(14,15)16/h2-4H,5-6H2,1H3,(H,17,19)(H,18,20)(H,21,22). The molecular formula is C13H13F3N2O5. The number of carboxylic acid groups (broad SMARTS) is 1. The maximum Gasteiger partial charge on any atom is 0.405 e. The highest BCUT2D eigenvalue weighted by molar-refractivity contribution is 6.04. The molecule has 126 valence electrons. The van der Waals surface area contributed by atoms with Gasteiger partial charge in [0.1, 0.15) is 24.3 Å². The number of methoxy groups -OCH3 is 1. The Hall–Kier alpha value is -2.78. The Balaban J connectivity index is 2.64. The van der Waals surface area contributed by atoms with Gasteiger partial charge in [0, 0.05) is 11.8 Å². The van der Waals surface area contributed by atoms with Crippen molar-refractivity contribution in [2.24, 2.45) is 0 Å². The lowest BCUT2D eigenvalue weighted by molar-refractivity contribution is -0.140. The fourth-order valence-corrected chi connectivity index (χ4v) is 1.56. The Morgan fingerprint density at radius 3 is 2.39 bits per heavy atom. The number of hydrogen-bond acceptors (Lipinski definition) is 4. The zero-order valence-corrected chi connectivity index (χ0v) is 11.9. The number of anilines is 1. The van der Waals surface area contributed by atoms with Crippen LogP contribution >= 0.6 is 0 Å². The smallest absolute Gasteiger partial charge is 0.405 e. The molecule has 0 bridgehead atoms. The summed E-state index contributed by atoms with van der Waals surface area (Å²) >= 11 is 0. The number of halogens is 3. The van der Waals surface area contributed by atoms with E-state index in [0.717, 1.165) is 0 Å². The van der Waals surface area contributed by atoms with E-state index in [2.05, 4.69) is 5.32 Å². The lowest BCUT2D eigenvalue weighted by Gasteiger charge is -2.10. The van der Waals surface area contributed by atoms with E-state index < -0.39 is 36.9 Å². The molecule has 0 unspecified atom stereocenters. The van der Waals surface area contributed by atoms with Crippen molar-refractivity contribution in [3.63, 3.8) is 0 Å². The molecule has 0 atom stereocenters. The molecule has 0 radical (unpaired) electrons. The van der Waals surface area contributed by atoms with Crippen LogP contribution < -0.4 is 15.4 Å². The van der Waals surface area contributed by atoms with Crippen LogP contribution in [0.5, 0.6) is 5.75 Å². The SMILES string of the molecule is COc1cc(NC(=O)CC(=O)NCC(F)(F)F)ccc1C(=O)O. The van der Waals surface area contributed by atoms with Crippen molar-refractivity contribution in [2.45, 2.75) is 12.6 Å². The molecule has 2 amide bonds. The van der Waals surface area contributed by atoms with Crippen molar-refractivity contribution in [1.82, 2.24) is 5.32 Å². The minimum absolute atomic E-state index is 0.0168. The fraction of sp³-hybridized carbons (Fsp3) is 0.308. The molecule has 0 heterocycles. The van der Waals surface area contributed by atoms with E-state index in [1.807, 2.05) is 0 Å². The van der Waals surface area contributed by atoms with Crippen LogP contribution in [-0.4, -0.2) is 42.7 Å². The first-order valence-corrected chi connectivity index (χ1v) is 6.17. The van der Waals surface area contributed by atoms with Gasteiger partial charge in [-0.1, -0.05) is 0 Å². The van der Waals surface area contributed by atoms with Crippen LogP contribution in [0.25, 0.3) is 0 Å². The van der Waals surface area contributed by atoms with Gasteiger partial charge in [-0.2, -0.15) is 13.2 Å². The summed E-state index contributed by atoms with van der Waals surface area (Å²) in [5.74, 6) is -3.19. The number of carboxylic acids is 1. The molecule has 0 fully saturated rings. The molecule has 7 nitrogen and oxygen atoms in total. The molecular weight excluding hydrogens is 321 g/mol. The normalized spacial score (nSPS) is 10.8. The van der Waals surface area contributed by atoms with Gasteiger partial charge in [-0.05, 0) is 12.1 Å². The third-order valence-electron chi connectivity index (χ3n) is 2.52. The maximum atomic E-state index is 11.9. The Kier molecular flexibility index (Phi) is 5.94. The van der Waals surface area contributed by atoms with Crippen LogP contribution in [-0.2, 0) is 9.59 Å². The van der Waals surface area contributed by atoms with Crippen molar-refractivity contribution in [3.8, 4) is 5.75 Å². The van der Waals surface area contributed by atoms with Gasteiger partial charge in [-0.25, -0.2) is 4.79 Å². The van der Waals surface area contributed by atoms with Gasteiger partial charge in [0.2, 0.25) is 11.8 Å². The highest BCUT2D eigenvalue weighted by Gasteiger charge is 2.28. The average Bonchev–Trinajstić information content (AvgIpc) is 2.43. The van der Waals surface area contributed by atoms with Gasteiger partial charge in [0.25, 0.3) is 0 Å². The second-order valence-electron chi connectivity index (χ2n) is 4.34. The number of carbonyl (C=O) groups excluding carboxylic acids is 2. The molecule has 1 aromatic carbocycles. The van der Waals surface area contributed by atoms with Crippen molar-refractivity contribution >= 4 is 23.5 Å². The molecule has 1 rings (SSSR count). The summed E-state index contributed by atoms with van der Waals surface area (Å²) in [6.07, 6.45) is -5.37. The van der Waals surface area contributed by atoms with E-state index in [0.29, 0.717) is 0 Å². The number of aromatic carboxylic acids is 1. The molecule has 0 saturated heterocycles. The number of ether oxygens (including phenoxy) is 1. The summed E-state index contributed by atoms with van der Waals surface area (Å²) in [6, 6.07) is 3.66. The quantitative estimate of drug-likeness (QED) is 0.682. The van der Waals surface area contributed by atoms with Crippen molar-refractivity contribution in [1.29, 1.82) is 0 Å². The highest BCUT2D eigenvalue weighted by Crippen LogP contribution is 2.23. The van der Waals surface area contributed by atoms with Crippen LogP contribution in [0.15, 0.2) is 18.2 Å². The Morgan fingerprint density at radius 2 is 1.87 bits per heavy atom. The second-order valence-corrected chi connectivity index (χ2v) is 4.34. The summed E-state index contributed by atoms with van der Waals surface area (Å²) in [4.78, 5) is 33.6. The van der Waals surface area contributed by atoms with Crippen LogP contribution in [0.4, 0.5) is 18.9 Å². The summed E-state index contributed by atoms with van der Waals surface area (Å²) < 4.78 is 40.6. The summed E-state index contributed by atoms with van der Waals surface area (Å²) in [6.45, 7) is -1.53. The Bertz CT molecular complexity index is 616. The van der Waals surface area contributed by atoms with Crippen molar-refractivity contribution in [2.75, 3.05) is 19.0 Å². The Morgan fingerprint density at radius 1 is 1.22 bits per heavy atom. The van der Waals surface area contributed by atoms with E-state index in [1.165, 1.54) is 25.3 Å². The number of nitrogens with one attached hydrogen (secondary N) is 2. The fourth-order valence-electron chi connectivity index (χ4n) is 1.56. The Labute approximate surface area is 128 Å². The zero-order valence-electron chi connectivity index (χ0n) is 11.9. The van der Waals surface area contributed by atoms with E-state index in [4.69, 9.17) is 9.84 Å². The van der Waals surface area contributed by atoms with E-state index in [1.54, 1.807) is 5.32 Å². The summed E-state index contributed by atoms with van der Waals surface area (Å²) in [5.41, 5.74) is 0.00823. The topological polar surface area (TPSA) is 105 Å². The van der Waals surface area contributed by atoms with E-state index in [-0.39, 0.29) is 17.0 Å². The number of alkyl halides is 3. The van der Waals surface area contributed by atoms with Crippen molar-refractivity contribution in [3.05, 3.63) is 23.8 Å². The molecule has 0 aromatic heterocycles. The van der Waals surface area contributed by atoms with Gasteiger partial charge >= 0.3 is 12.1 Å². The van der Waals surface area contributed by atoms with Crippen molar-refractivity contribution < 1.29 is 37.4 Å². The molecule has 0 saturated carbocycles. The predicted octanol–water partition coefficient (Wildman–Crippen LogP) is 1.40. The van der Waals surface area contributed by atoms with Gasteiger partial charge in [-0.15, -0.1) is 0 Å². The molecule has 0 aliphatic heterocycles. The third-order valence-corrected chi connectivity index (χ3v) is 2.52. The molecule has 0 aliphatic rings. The first kappa shape index (κ1) is 18.3. The number of hydrogen-bond donors (Lipinski definition) is 3. The number of benzene rings is 1. The highest BCUT2D eigenvalue weighted by atomic mass is 19.4. The first-order valence-electron chi connectivity index (χ1n) is 6.17. The second kappa shape index (κ2) is 7.47. The minimum atomic E-state index is -4.56. The summed E-state index contributed by atoms with van der Waals surface area (Å²) in [5, 5.41) is 12.7. The molecule has 3 N–H and O–H groups in total. The third kappa shape index (κ3) is 6.24. The molecule has 0 aliphatic carbocycles. The van der Waals surface area contributed by atoms with Crippen LogP contribution in [0, 0.1) is 0 Å². The molecule has 10 heteroatoms. The zero-order chi connectivity index (χ0) is 17.6. The van der Waals surface area contributed by atoms with Crippen LogP contribution in [0.3, 0.4) is 0 Å². The minimum Gasteiger partial charge on any atom is -0.496 e. The largest absolute Gasteiger partial charge is 0.496 e. The number of amides is 2. The van der Waals surface area contributed by atoms with Gasteiger partial charge in [0.15, 0.2) is 0 Å². The average molecular weight is 334 g/mol. The lowest BCUT2D eigenvalue weighted by atomic mass is 10.2. The van der Waals surface area contributed by atoms with E-state index in [9.17, 15) is 27.6 Å². The molecule has 1 aromatic rings. The maximum absolute atomic E-state index is 11.9. The first-order chi connectivity index (χ1) is 10.6. The van der Waals surface area contributed by atoms with Gasteiger partial charge < -0.3 is 20.5 Å². The van der Waals surface area contributed by atoms with Crippen LogP contribution in [0.1, 0.15) is 16.8 Å². The predicted molar refractivity (Wildman–Crippen MR) is 72.3 cm³/mol. The van der Waals surface area contributed by atoms with Gasteiger partial charge in [-0.3, -0.25) is 9.59 Å². The summed E-state index contributed by atoms with van der Waals surface area (Å²) in [7, 11) is 1.23. The van der Waals surface area contributed by atoms with E-state index >= 15 is 0 Å². The van der Waals surface area contributed by atoms with Crippen LogP contribution in [0.2, 0.25) is 0 Å².